The van der Waals surface area contributed by atoms with Gasteiger partial charge in [0.1, 0.15) is 6.04 Å². The number of likely N-dealkylation sites (N-methyl/N-ethyl adjacent to an activating group) is 1. The Balaban J connectivity index is 1.75. The van der Waals surface area contributed by atoms with E-state index in [-0.39, 0.29) is 11.9 Å². The van der Waals surface area contributed by atoms with Crippen LogP contribution in [0.4, 0.5) is 0 Å². The first kappa shape index (κ1) is 14.6. The first-order valence-corrected chi connectivity index (χ1v) is 8.09. The van der Waals surface area contributed by atoms with Crippen LogP contribution in [0, 0.1) is 18.8 Å². The number of aryl methyl sites for hydroxylation is 1. The summed E-state index contributed by atoms with van der Waals surface area (Å²) >= 11 is 0. The fraction of sp³-hybridized carbons (Fsp3) is 0.611. The van der Waals surface area contributed by atoms with Crippen molar-refractivity contribution in [2.24, 2.45) is 11.8 Å². The van der Waals surface area contributed by atoms with Crippen LogP contribution in [-0.2, 0) is 4.79 Å². The maximum Gasteiger partial charge on any atom is 0.242 e. The molecule has 1 aromatic rings. The van der Waals surface area contributed by atoms with Crippen LogP contribution in [-0.4, -0.2) is 30.9 Å². The Morgan fingerprint density at radius 3 is 2.29 bits per heavy atom. The number of hydrogen-bond acceptors (Lipinski definition) is 2. The van der Waals surface area contributed by atoms with Crippen molar-refractivity contribution in [2.45, 2.75) is 44.7 Å². The van der Waals surface area contributed by atoms with Gasteiger partial charge in [0.2, 0.25) is 5.91 Å². The molecule has 1 unspecified atom stereocenters. The van der Waals surface area contributed by atoms with Crippen LogP contribution < -0.4 is 5.32 Å². The molecule has 3 heteroatoms. The van der Waals surface area contributed by atoms with E-state index in [0.717, 1.165) is 17.4 Å². The van der Waals surface area contributed by atoms with Gasteiger partial charge in [-0.05, 0) is 64.1 Å². The second kappa shape index (κ2) is 5.80. The normalized spacial score (nSPS) is 19.9. The van der Waals surface area contributed by atoms with Crippen LogP contribution in [0.1, 0.15) is 42.9 Å². The highest BCUT2D eigenvalue weighted by Gasteiger charge is 2.43. The van der Waals surface area contributed by atoms with Crippen molar-refractivity contribution in [3.8, 4) is 0 Å². The van der Waals surface area contributed by atoms with Gasteiger partial charge >= 0.3 is 0 Å². The second-order valence-corrected chi connectivity index (χ2v) is 6.99. The van der Waals surface area contributed by atoms with Gasteiger partial charge in [-0.15, -0.1) is 0 Å². The summed E-state index contributed by atoms with van der Waals surface area (Å²) in [5.74, 6) is 1.64. The van der Waals surface area contributed by atoms with Crippen molar-refractivity contribution in [1.82, 2.24) is 10.2 Å². The molecule has 21 heavy (non-hydrogen) atoms. The van der Waals surface area contributed by atoms with Gasteiger partial charge < -0.3 is 5.32 Å². The van der Waals surface area contributed by atoms with Crippen LogP contribution in [0.5, 0.6) is 0 Å². The van der Waals surface area contributed by atoms with Crippen LogP contribution in [0.25, 0.3) is 0 Å². The minimum atomic E-state index is -0.190. The summed E-state index contributed by atoms with van der Waals surface area (Å²) in [6.07, 6.45) is 5.16. The fourth-order valence-electron chi connectivity index (χ4n) is 3.30. The lowest BCUT2D eigenvalue weighted by Gasteiger charge is -2.27. The molecule has 2 aliphatic rings. The number of carbonyl (C=O) groups excluding carboxylic acids is 1. The van der Waals surface area contributed by atoms with Crippen LogP contribution in [0.2, 0.25) is 0 Å². The fourth-order valence-corrected chi connectivity index (χ4v) is 3.30. The van der Waals surface area contributed by atoms with Crippen LogP contribution >= 0.6 is 0 Å². The molecule has 1 amide bonds. The minimum absolute atomic E-state index is 0.161. The third-order valence-electron chi connectivity index (χ3n) is 4.69. The van der Waals surface area contributed by atoms with Crippen molar-refractivity contribution in [2.75, 3.05) is 14.1 Å². The zero-order valence-corrected chi connectivity index (χ0v) is 13.3. The first-order valence-electron chi connectivity index (χ1n) is 8.09. The molecule has 2 aliphatic carbocycles. The van der Waals surface area contributed by atoms with Crippen molar-refractivity contribution in [1.29, 1.82) is 0 Å². The summed E-state index contributed by atoms with van der Waals surface area (Å²) in [5.41, 5.74) is 2.29. The Bertz CT molecular complexity index is 506. The van der Waals surface area contributed by atoms with E-state index < -0.39 is 0 Å². The lowest BCUT2D eigenvalue weighted by atomic mass is 10.0. The van der Waals surface area contributed by atoms with Gasteiger partial charge in [-0.25, -0.2) is 0 Å². The number of carbonyl (C=O) groups is 1. The van der Waals surface area contributed by atoms with E-state index in [2.05, 4.69) is 30.4 Å². The predicted molar refractivity (Wildman–Crippen MR) is 85.0 cm³/mol. The maximum absolute atomic E-state index is 12.8. The Labute approximate surface area is 127 Å². The summed E-state index contributed by atoms with van der Waals surface area (Å²) in [7, 11) is 3.96. The predicted octanol–water partition coefficient (Wildman–Crippen LogP) is 2.90. The molecular formula is C18H26N2O. The molecule has 3 nitrogen and oxygen atoms in total. The monoisotopic (exact) mass is 286 g/mol. The smallest absolute Gasteiger partial charge is 0.242 e. The molecule has 1 N–H and O–H groups in total. The van der Waals surface area contributed by atoms with E-state index in [9.17, 15) is 4.79 Å². The third-order valence-corrected chi connectivity index (χ3v) is 4.69. The number of nitrogens with one attached hydrogen (secondary N) is 1. The van der Waals surface area contributed by atoms with E-state index in [0.29, 0.717) is 6.04 Å². The van der Waals surface area contributed by atoms with E-state index in [4.69, 9.17) is 0 Å². The number of rotatable bonds is 6. The third kappa shape index (κ3) is 3.46. The minimum Gasteiger partial charge on any atom is -0.351 e. The van der Waals surface area contributed by atoms with Crippen molar-refractivity contribution in [3.05, 3.63) is 35.4 Å². The van der Waals surface area contributed by atoms with Crippen molar-refractivity contribution >= 4 is 5.91 Å². The summed E-state index contributed by atoms with van der Waals surface area (Å²) < 4.78 is 0. The largest absolute Gasteiger partial charge is 0.351 e. The van der Waals surface area contributed by atoms with Crippen LogP contribution in [0.3, 0.4) is 0 Å². The van der Waals surface area contributed by atoms with Gasteiger partial charge in [0.25, 0.3) is 0 Å². The molecule has 0 radical (unpaired) electrons. The summed E-state index contributed by atoms with van der Waals surface area (Å²) in [6.45, 7) is 2.07. The number of nitrogens with zero attached hydrogens (tertiary/aromatic N) is 1. The van der Waals surface area contributed by atoms with E-state index in [1.54, 1.807) is 0 Å². The van der Waals surface area contributed by atoms with Gasteiger partial charge in [0.15, 0.2) is 0 Å². The van der Waals surface area contributed by atoms with E-state index in [1.165, 1.54) is 31.2 Å². The molecular weight excluding hydrogens is 260 g/mol. The molecule has 0 heterocycles. The van der Waals surface area contributed by atoms with Crippen molar-refractivity contribution < 1.29 is 4.79 Å². The lowest BCUT2D eigenvalue weighted by molar-refractivity contribution is -0.126. The number of hydrogen-bond donors (Lipinski definition) is 1. The lowest BCUT2D eigenvalue weighted by Crippen LogP contribution is -2.44. The Kier molecular flexibility index (Phi) is 4.03. The highest BCUT2D eigenvalue weighted by atomic mass is 16.2. The Hall–Kier alpha value is -1.35. The van der Waals surface area contributed by atoms with Gasteiger partial charge in [0.05, 0.1) is 0 Å². The molecule has 114 valence electrons. The Morgan fingerprint density at radius 2 is 1.81 bits per heavy atom. The number of amides is 1. The molecule has 0 saturated heterocycles. The second-order valence-electron chi connectivity index (χ2n) is 6.99. The van der Waals surface area contributed by atoms with Crippen LogP contribution in [0.15, 0.2) is 24.3 Å². The summed E-state index contributed by atoms with van der Waals surface area (Å²) in [5, 5.41) is 3.36. The van der Waals surface area contributed by atoms with Gasteiger partial charge in [-0.1, -0.05) is 29.8 Å². The zero-order valence-electron chi connectivity index (χ0n) is 13.3. The zero-order chi connectivity index (χ0) is 15.0. The molecule has 1 aromatic carbocycles. The first-order chi connectivity index (χ1) is 10.1. The highest BCUT2D eigenvalue weighted by molar-refractivity contribution is 5.83. The summed E-state index contributed by atoms with van der Waals surface area (Å²) in [6, 6.07) is 8.52. The molecule has 2 saturated carbocycles. The van der Waals surface area contributed by atoms with E-state index >= 15 is 0 Å². The highest BCUT2D eigenvalue weighted by Crippen LogP contribution is 2.44. The maximum atomic E-state index is 12.8. The average molecular weight is 286 g/mol. The number of benzene rings is 1. The van der Waals surface area contributed by atoms with Gasteiger partial charge in [-0.3, -0.25) is 9.69 Å². The molecule has 3 rings (SSSR count). The van der Waals surface area contributed by atoms with Gasteiger partial charge in [-0.2, -0.15) is 0 Å². The molecule has 0 aliphatic heterocycles. The molecule has 2 fully saturated rings. The topological polar surface area (TPSA) is 32.3 Å². The molecule has 0 bridgehead atoms. The average Bonchev–Trinajstić information content (AvgIpc) is 3.28. The molecule has 1 atom stereocenters. The molecule has 0 spiro atoms. The molecule has 0 aromatic heterocycles. The quantitative estimate of drug-likeness (QED) is 0.872. The Morgan fingerprint density at radius 1 is 1.19 bits per heavy atom. The summed E-state index contributed by atoms with van der Waals surface area (Å²) in [4.78, 5) is 14.8. The van der Waals surface area contributed by atoms with E-state index in [1.807, 2.05) is 25.1 Å². The SMILES string of the molecule is Cc1cccc(C(C(=O)NC(C2CC2)C2CC2)N(C)C)c1. The standard InChI is InChI=1S/C18H26N2O/c1-12-5-4-6-15(11-12)17(20(2)3)18(21)19-16(13-7-8-13)14-9-10-14/h4-6,11,13-14,16-17H,7-10H2,1-3H3,(H,19,21). The van der Waals surface area contributed by atoms with Crippen molar-refractivity contribution in [3.63, 3.8) is 0 Å². The van der Waals surface area contributed by atoms with Gasteiger partial charge in [0, 0.05) is 6.04 Å².